The first kappa shape index (κ1) is 23.0. The SMILES string of the molecule is CCCN(CCCl)P(=O)(OC(C)(C)C)N(CCCl)Cc1ccccc1. The zero-order chi connectivity index (χ0) is 18.9. The molecule has 0 heterocycles. The molecule has 0 bridgehead atoms. The molecule has 0 aliphatic rings. The first-order chi connectivity index (χ1) is 11.8. The van der Waals surface area contributed by atoms with Crippen molar-refractivity contribution in [2.24, 2.45) is 0 Å². The van der Waals surface area contributed by atoms with E-state index in [-0.39, 0.29) is 0 Å². The molecule has 0 aliphatic heterocycles. The Hall–Kier alpha value is -0.0900. The lowest BCUT2D eigenvalue weighted by Gasteiger charge is -2.41. The number of alkyl halides is 2. The topological polar surface area (TPSA) is 32.8 Å². The largest absolute Gasteiger partial charge is 0.346 e. The van der Waals surface area contributed by atoms with E-state index in [1.807, 2.05) is 60.4 Å². The molecule has 0 aromatic heterocycles. The van der Waals surface area contributed by atoms with Gasteiger partial charge in [-0.05, 0) is 32.8 Å². The molecule has 1 aromatic rings. The van der Waals surface area contributed by atoms with Gasteiger partial charge >= 0.3 is 7.67 Å². The van der Waals surface area contributed by atoms with Gasteiger partial charge < -0.3 is 4.52 Å². The van der Waals surface area contributed by atoms with Crippen LogP contribution in [0.3, 0.4) is 0 Å². The maximum atomic E-state index is 14.1. The monoisotopic (exact) mass is 408 g/mol. The molecule has 0 amide bonds. The van der Waals surface area contributed by atoms with Crippen molar-refractivity contribution in [3.63, 3.8) is 0 Å². The molecule has 0 fully saturated rings. The molecular weight excluding hydrogens is 378 g/mol. The number of nitrogens with zero attached hydrogens (tertiary/aromatic N) is 2. The van der Waals surface area contributed by atoms with E-state index in [4.69, 9.17) is 27.7 Å². The van der Waals surface area contributed by atoms with Gasteiger partial charge in [0.25, 0.3) is 0 Å². The fraction of sp³-hybridized carbons (Fsp3) is 0.667. The van der Waals surface area contributed by atoms with Gasteiger partial charge in [-0.3, -0.25) is 4.57 Å². The maximum Gasteiger partial charge on any atom is 0.346 e. The number of rotatable bonds is 11. The Bertz CT molecular complexity index is 532. The summed E-state index contributed by atoms with van der Waals surface area (Å²) < 4.78 is 24.1. The first-order valence-electron chi connectivity index (χ1n) is 8.74. The van der Waals surface area contributed by atoms with Crippen LogP contribution in [-0.2, 0) is 15.6 Å². The fourth-order valence-electron chi connectivity index (χ4n) is 2.56. The quantitative estimate of drug-likeness (QED) is 0.352. The van der Waals surface area contributed by atoms with Crippen LogP contribution in [-0.4, -0.2) is 46.3 Å². The van der Waals surface area contributed by atoms with Crippen molar-refractivity contribution in [3.8, 4) is 0 Å². The van der Waals surface area contributed by atoms with E-state index in [1.165, 1.54) is 0 Å². The highest BCUT2D eigenvalue weighted by atomic mass is 35.5. The zero-order valence-corrected chi connectivity index (χ0v) is 18.2. The summed E-state index contributed by atoms with van der Waals surface area (Å²) in [5, 5.41) is 0. The van der Waals surface area contributed by atoms with Crippen LogP contribution in [0.4, 0.5) is 0 Å². The average molecular weight is 409 g/mol. The summed E-state index contributed by atoms with van der Waals surface area (Å²) in [5.74, 6) is 0.780. The molecule has 0 radical (unpaired) electrons. The van der Waals surface area contributed by atoms with Crippen LogP contribution in [0.25, 0.3) is 0 Å². The highest BCUT2D eigenvalue weighted by molar-refractivity contribution is 7.54. The predicted molar refractivity (Wildman–Crippen MR) is 109 cm³/mol. The lowest BCUT2D eigenvalue weighted by Crippen LogP contribution is -2.38. The Kier molecular flexibility index (Phi) is 10.0. The third kappa shape index (κ3) is 7.58. The molecule has 0 N–H and O–H groups in total. The van der Waals surface area contributed by atoms with Crippen LogP contribution in [0.5, 0.6) is 0 Å². The minimum atomic E-state index is -3.28. The maximum absolute atomic E-state index is 14.1. The smallest absolute Gasteiger partial charge is 0.300 e. The minimum absolute atomic E-state index is 0.380. The summed E-state index contributed by atoms with van der Waals surface area (Å²) in [7, 11) is -3.28. The second-order valence-corrected chi connectivity index (χ2v) is 9.95. The second kappa shape index (κ2) is 10.9. The van der Waals surface area contributed by atoms with Gasteiger partial charge in [0.05, 0.1) is 5.60 Å². The summed E-state index contributed by atoms with van der Waals surface area (Å²) in [5.41, 5.74) is 0.530. The summed E-state index contributed by atoms with van der Waals surface area (Å²) in [6.45, 7) is 10.00. The van der Waals surface area contributed by atoms with E-state index in [0.29, 0.717) is 37.9 Å². The second-order valence-electron chi connectivity index (χ2n) is 6.90. The van der Waals surface area contributed by atoms with Crippen molar-refractivity contribution in [1.82, 2.24) is 9.34 Å². The van der Waals surface area contributed by atoms with Crippen molar-refractivity contribution < 1.29 is 9.09 Å². The Morgan fingerprint density at radius 2 is 1.56 bits per heavy atom. The zero-order valence-electron chi connectivity index (χ0n) is 15.8. The lowest BCUT2D eigenvalue weighted by atomic mass is 10.2. The third-order valence-electron chi connectivity index (χ3n) is 3.48. The van der Waals surface area contributed by atoms with Gasteiger partial charge in [-0.1, -0.05) is 37.3 Å². The minimum Gasteiger partial charge on any atom is -0.300 e. The molecule has 4 nitrogen and oxygen atoms in total. The van der Waals surface area contributed by atoms with Gasteiger partial charge in [0.1, 0.15) is 0 Å². The van der Waals surface area contributed by atoms with Crippen molar-refractivity contribution in [2.75, 3.05) is 31.4 Å². The van der Waals surface area contributed by atoms with Crippen LogP contribution < -0.4 is 0 Å². The van der Waals surface area contributed by atoms with E-state index < -0.39 is 13.3 Å². The molecule has 0 aliphatic carbocycles. The molecule has 1 unspecified atom stereocenters. The molecule has 1 rings (SSSR count). The number of benzene rings is 1. The fourth-order valence-corrected chi connectivity index (χ4v) is 6.00. The molecule has 0 saturated carbocycles. The predicted octanol–water partition coefficient (Wildman–Crippen LogP) is 5.60. The van der Waals surface area contributed by atoms with Crippen LogP contribution >= 0.6 is 30.9 Å². The Morgan fingerprint density at radius 3 is 2.04 bits per heavy atom. The molecule has 0 saturated heterocycles. The van der Waals surface area contributed by atoms with Crippen molar-refractivity contribution in [1.29, 1.82) is 0 Å². The van der Waals surface area contributed by atoms with Gasteiger partial charge in [-0.25, -0.2) is 9.34 Å². The van der Waals surface area contributed by atoms with Gasteiger partial charge in [0.15, 0.2) is 0 Å². The Morgan fingerprint density at radius 1 is 1.00 bits per heavy atom. The third-order valence-corrected chi connectivity index (χ3v) is 6.78. The summed E-state index contributed by atoms with van der Waals surface area (Å²) in [6, 6.07) is 9.97. The van der Waals surface area contributed by atoms with E-state index in [9.17, 15) is 4.57 Å². The highest BCUT2D eigenvalue weighted by Gasteiger charge is 2.41. The van der Waals surface area contributed by atoms with Crippen molar-refractivity contribution >= 4 is 30.9 Å². The molecular formula is C18H31Cl2N2O2P. The van der Waals surface area contributed by atoms with Gasteiger partial charge in [0, 0.05) is 37.9 Å². The standard InChI is InChI=1S/C18H31Cl2N2O2P/c1-5-13-21(14-11-19)25(23,24-18(2,3)4)22(15-12-20)16-17-9-7-6-8-10-17/h6-10H,5,11-16H2,1-4H3. The summed E-state index contributed by atoms with van der Waals surface area (Å²) >= 11 is 12.0. The van der Waals surface area contributed by atoms with Crippen molar-refractivity contribution in [3.05, 3.63) is 35.9 Å². The first-order valence-corrected chi connectivity index (χ1v) is 11.3. The molecule has 7 heteroatoms. The van der Waals surface area contributed by atoms with E-state index in [1.54, 1.807) is 0 Å². The lowest BCUT2D eigenvalue weighted by molar-refractivity contribution is 0.0923. The van der Waals surface area contributed by atoms with Crippen LogP contribution in [0.2, 0.25) is 0 Å². The Balaban J connectivity index is 3.24. The summed E-state index contributed by atoms with van der Waals surface area (Å²) in [4.78, 5) is 0. The van der Waals surface area contributed by atoms with Gasteiger partial charge in [0.2, 0.25) is 0 Å². The molecule has 1 atom stereocenters. The Labute approximate surface area is 163 Å². The molecule has 0 spiro atoms. The molecule has 144 valence electrons. The average Bonchev–Trinajstić information content (AvgIpc) is 2.53. The number of halogens is 2. The van der Waals surface area contributed by atoms with Crippen LogP contribution in [0.15, 0.2) is 30.3 Å². The van der Waals surface area contributed by atoms with Gasteiger partial charge in [-0.15, -0.1) is 23.2 Å². The van der Waals surface area contributed by atoms with E-state index in [2.05, 4.69) is 6.92 Å². The van der Waals surface area contributed by atoms with Gasteiger partial charge in [-0.2, -0.15) is 0 Å². The van der Waals surface area contributed by atoms with Crippen molar-refractivity contribution in [2.45, 2.75) is 46.3 Å². The van der Waals surface area contributed by atoms with Crippen LogP contribution in [0, 0.1) is 0 Å². The number of hydrogen-bond donors (Lipinski definition) is 0. The molecule has 1 aromatic carbocycles. The normalized spacial score (nSPS) is 14.9. The molecule has 25 heavy (non-hydrogen) atoms. The van der Waals surface area contributed by atoms with E-state index in [0.717, 1.165) is 12.0 Å². The van der Waals surface area contributed by atoms with E-state index >= 15 is 0 Å². The highest BCUT2D eigenvalue weighted by Crippen LogP contribution is 2.57. The summed E-state index contributed by atoms with van der Waals surface area (Å²) in [6.07, 6.45) is 0.869. The van der Waals surface area contributed by atoms with Crippen LogP contribution in [0.1, 0.15) is 39.7 Å². The number of hydrogen-bond acceptors (Lipinski definition) is 2.